The Morgan fingerprint density at radius 3 is 2.67 bits per heavy atom. The van der Waals surface area contributed by atoms with Crippen molar-refractivity contribution in [3.8, 4) is 0 Å². The van der Waals surface area contributed by atoms with Gasteiger partial charge in [0.2, 0.25) is 10.0 Å². The van der Waals surface area contributed by atoms with E-state index in [1.807, 2.05) is 18.7 Å². The average molecular weight is 317 g/mol. The summed E-state index contributed by atoms with van der Waals surface area (Å²) in [7, 11) is 0.199. The van der Waals surface area contributed by atoms with Crippen molar-refractivity contribution in [1.82, 2.24) is 14.6 Å². The predicted molar refractivity (Wildman–Crippen MR) is 83.6 cm³/mol. The van der Waals surface area contributed by atoms with Gasteiger partial charge in [-0.1, -0.05) is 13.8 Å². The van der Waals surface area contributed by atoms with Gasteiger partial charge in [-0.05, 0) is 25.5 Å². The Balaban J connectivity index is 2.44. The molecule has 0 aliphatic carbocycles. The van der Waals surface area contributed by atoms with E-state index < -0.39 is 10.0 Å². The maximum absolute atomic E-state index is 12.1. The molecule has 122 valence electrons. The minimum atomic E-state index is -3.46. The molecule has 0 unspecified atom stereocenters. The van der Waals surface area contributed by atoms with Crippen LogP contribution in [0, 0.1) is 5.92 Å². The Kier molecular flexibility index (Phi) is 7.37. The van der Waals surface area contributed by atoms with E-state index in [0.29, 0.717) is 25.7 Å². The van der Waals surface area contributed by atoms with E-state index in [0.717, 1.165) is 12.1 Å². The zero-order valence-corrected chi connectivity index (χ0v) is 14.2. The highest BCUT2D eigenvalue weighted by Gasteiger charge is 2.16. The lowest BCUT2D eigenvalue weighted by molar-refractivity contribution is 0.128. The number of nitrogens with zero attached hydrogens (tertiary/aromatic N) is 1. The summed E-state index contributed by atoms with van der Waals surface area (Å²) >= 11 is 0. The van der Waals surface area contributed by atoms with Gasteiger partial charge in [0, 0.05) is 38.6 Å². The van der Waals surface area contributed by atoms with Gasteiger partial charge in [-0.2, -0.15) is 0 Å². The standard InChI is InChI=1S/C14H27N3O3S/c1-12(2)5-7-20-8-6-16-21(18,19)14-9-13(10-15-3)17(4)11-14/h9,11-12,15-16H,5-8,10H2,1-4H3. The number of rotatable bonds is 10. The molecule has 6 nitrogen and oxygen atoms in total. The monoisotopic (exact) mass is 317 g/mol. The largest absolute Gasteiger partial charge is 0.380 e. The van der Waals surface area contributed by atoms with Gasteiger partial charge >= 0.3 is 0 Å². The zero-order chi connectivity index (χ0) is 15.9. The van der Waals surface area contributed by atoms with Gasteiger partial charge in [-0.15, -0.1) is 0 Å². The quantitative estimate of drug-likeness (QED) is 0.634. The minimum Gasteiger partial charge on any atom is -0.380 e. The second kappa shape index (κ2) is 8.53. The van der Waals surface area contributed by atoms with Gasteiger partial charge in [0.1, 0.15) is 0 Å². The van der Waals surface area contributed by atoms with Crippen LogP contribution in [0.5, 0.6) is 0 Å². The fourth-order valence-corrected chi connectivity index (χ4v) is 2.94. The number of ether oxygens (including phenoxy) is 1. The van der Waals surface area contributed by atoms with Crippen molar-refractivity contribution in [3.63, 3.8) is 0 Å². The minimum absolute atomic E-state index is 0.288. The van der Waals surface area contributed by atoms with Crippen molar-refractivity contribution >= 4 is 10.0 Å². The molecule has 0 atom stereocenters. The maximum atomic E-state index is 12.1. The van der Waals surface area contributed by atoms with Gasteiger partial charge < -0.3 is 14.6 Å². The summed E-state index contributed by atoms with van der Waals surface area (Å²) in [4.78, 5) is 0.289. The van der Waals surface area contributed by atoms with Crippen LogP contribution in [0.2, 0.25) is 0 Å². The Morgan fingerprint density at radius 1 is 1.33 bits per heavy atom. The zero-order valence-electron chi connectivity index (χ0n) is 13.3. The molecule has 1 aromatic heterocycles. The number of aryl methyl sites for hydroxylation is 1. The van der Waals surface area contributed by atoms with Crippen LogP contribution in [0.1, 0.15) is 26.0 Å². The lowest BCUT2D eigenvalue weighted by atomic mass is 10.1. The lowest BCUT2D eigenvalue weighted by Crippen LogP contribution is -2.27. The van der Waals surface area contributed by atoms with Gasteiger partial charge in [-0.3, -0.25) is 0 Å². The first-order valence-electron chi connectivity index (χ1n) is 7.24. The third-order valence-electron chi connectivity index (χ3n) is 3.13. The molecule has 7 heteroatoms. The number of hydrogen-bond acceptors (Lipinski definition) is 4. The van der Waals surface area contributed by atoms with Crippen LogP contribution in [0.25, 0.3) is 0 Å². The fraction of sp³-hybridized carbons (Fsp3) is 0.714. The molecule has 0 bridgehead atoms. The highest BCUT2D eigenvalue weighted by Crippen LogP contribution is 2.13. The molecule has 0 aromatic carbocycles. The van der Waals surface area contributed by atoms with Gasteiger partial charge in [-0.25, -0.2) is 13.1 Å². The summed E-state index contributed by atoms with van der Waals surface area (Å²) in [6.07, 6.45) is 2.60. The summed E-state index contributed by atoms with van der Waals surface area (Å²) in [6.45, 7) is 6.23. The smallest absolute Gasteiger partial charge is 0.242 e. The van der Waals surface area contributed by atoms with E-state index in [-0.39, 0.29) is 11.4 Å². The molecule has 21 heavy (non-hydrogen) atoms. The number of hydrogen-bond donors (Lipinski definition) is 2. The molecule has 0 aliphatic rings. The maximum Gasteiger partial charge on any atom is 0.242 e. The topological polar surface area (TPSA) is 72.4 Å². The van der Waals surface area contributed by atoms with Crippen LogP contribution >= 0.6 is 0 Å². The van der Waals surface area contributed by atoms with Crippen LogP contribution in [-0.4, -0.2) is 39.8 Å². The summed E-state index contributed by atoms with van der Waals surface area (Å²) in [6, 6.07) is 1.68. The fourth-order valence-electron chi connectivity index (χ4n) is 1.83. The molecule has 0 aliphatic heterocycles. The molecule has 0 saturated carbocycles. The summed E-state index contributed by atoms with van der Waals surface area (Å²) in [5, 5.41) is 3.01. The Morgan fingerprint density at radius 2 is 2.05 bits per heavy atom. The van der Waals surface area contributed by atoms with E-state index in [9.17, 15) is 8.42 Å². The second-order valence-electron chi connectivity index (χ2n) is 5.50. The molecule has 0 fully saturated rings. The van der Waals surface area contributed by atoms with Crippen LogP contribution < -0.4 is 10.0 Å². The average Bonchev–Trinajstić information content (AvgIpc) is 2.76. The lowest BCUT2D eigenvalue weighted by Gasteiger charge is -2.07. The highest BCUT2D eigenvalue weighted by molar-refractivity contribution is 7.89. The molecule has 0 radical (unpaired) electrons. The third-order valence-corrected chi connectivity index (χ3v) is 4.56. The first-order chi connectivity index (χ1) is 9.86. The Hall–Kier alpha value is -0.890. The van der Waals surface area contributed by atoms with Crippen molar-refractivity contribution in [2.45, 2.75) is 31.7 Å². The van der Waals surface area contributed by atoms with Gasteiger partial charge in [0.15, 0.2) is 0 Å². The molecule has 1 aromatic rings. The van der Waals surface area contributed by atoms with Gasteiger partial charge in [0.25, 0.3) is 0 Å². The van der Waals surface area contributed by atoms with E-state index in [2.05, 4.69) is 23.9 Å². The Bertz CT molecular complexity index is 524. The van der Waals surface area contributed by atoms with Crippen molar-refractivity contribution in [1.29, 1.82) is 0 Å². The molecule has 2 N–H and O–H groups in total. The van der Waals surface area contributed by atoms with Crippen LogP contribution in [-0.2, 0) is 28.4 Å². The van der Waals surface area contributed by atoms with E-state index in [1.165, 1.54) is 0 Å². The molecular formula is C14H27N3O3S. The second-order valence-corrected chi connectivity index (χ2v) is 7.27. The molecule has 0 spiro atoms. The van der Waals surface area contributed by atoms with Crippen LogP contribution in [0.3, 0.4) is 0 Å². The van der Waals surface area contributed by atoms with Crippen molar-refractivity contribution in [2.75, 3.05) is 26.8 Å². The number of aromatic nitrogens is 1. The number of nitrogens with one attached hydrogen (secondary N) is 2. The first kappa shape index (κ1) is 18.2. The summed E-state index contributed by atoms with van der Waals surface area (Å²) in [5.74, 6) is 0.594. The van der Waals surface area contributed by atoms with E-state index in [1.54, 1.807) is 12.3 Å². The molecule has 0 amide bonds. The van der Waals surface area contributed by atoms with Crippen LogP contribution in [0.4, 0.5) is 0 Å². The highest BCUT2D eigenvalue weighted by atomic mass is 32.2. The van der Waals surface area contributed by atoms with Crippen LogP contribution in [0.15, 0.2) is 17.2 Å². The van der Waals surface area contributed by atoms with Crippen molar-refractivity contribution in [3.05, 3.63) is 18.0 Å². The molecule has 1 rings (SSSR count). The van der Waals surface area contributed by atoms with E-state index in [4.69, 9.17) is 4.74 Å². The normalized spacial score (nSPS) is 12.2. The summed E-state index contributed by atoms with van der Waals surface area (Å²) < 4.78 is 34.1. The van der Waals surface area contributed by atoms with Crippen molar-refractivity contribution in [2.24, 2.45) is 13.0 Å². The van der Waals surface area contributed by atoms with Crippen molar-refractivity contribution < 1.29 is 13.2 Å². The predicted octanol–water partition coefficient (Wildman–Crippen LogP) is 1.09. The molecule has 0 saturated heterocycles. The summed E-state index contributed by atoms with van der Waals surface area (Å²) in [5.41, 5.74) is 0.922. The SMILES string of the molecule is CNCc1cc(S(=O)(=O)NCCOCCC(C)C)cn1C. The van der Waals surface area contributed by atoms with E-state index >= 15 is 0 Å². The third kappa shape index (κ3) is 6.17. The molecular weight excluding hydrogens is 290 g/mol. The van der Waals surface area contributed by atoms with Gasteiger partial charge in [0.05, 0.1) is 11.5 Å². The number of sulfonamides is 1. The molecule has 1 heterocycles. The first-order valence-corrected chi connectivity index (χ1v) is 8.72. The Labute approximate surface area is 127 Å².